The van der Waals surface area contributed by atoms with Crippen LogP contribution in [0.3, 0.4) is 0 Å². The zero-order valence-electron chi connectivity index (χ0n) is 12.3. The minimum absolute atomic E-state index is 0.0647. The molecule has 2 aliphatic carbocycles. The largest absolute Gasteiger partial charge is 0.481 e. The lowest BCUT2D eigenvalue weighted by atomic mass is 9.78. The highest BCUT2D eigenvalue weighted by Gasteiger charge is 2.46. The number of fused-ring (bicyclic) bond motifs is 1. The van der Waals surface area contributed by atoms with Crippen LogP contribution in [0.5, 0.6) is 0 Å². The third-order valence-corrected chi connectivity index (χ3v) is 4.61. The Labute approximate surface area is 122 Å². The van der Waals surface area contributed by atoms with Crippen molar-refractivity contribution in [3.05, 3.63) is 22.8 Å². The van der Waals surface area contributed by atoms with E-state index in [1.54, 1.807) is 0 Å². The van der Waals surface area contributed by atoms with E-state index in [1.807, 2.05) is 19.9 Å². The van der Waals surface area contributed by atoms with E-state index in [-0.39, 0.29) is 30.3 Å². The van der Waals surface area contributed by atoms with E-state index in [1.165, 1.54) is 0 Å². The second-order valence-electron chi connectivity index (χ2n) is 6.24. The third kappa shape index (κ3) is 3.33. The number of hydrogen-bond donors (Lipinski definition) is 1. The summed E-state index contributed by atoms with van der Waals surface area (Å²) in [6.07, 6.45) is -0.715. The van der Waals surface area contributed by atoms with Crippen molar-refractivity contribution >= 4 is 5.97 Å². The van der Waals surface area contributed by atoms with Crippen LogP contribution in [-0.4, -0.2) is 17.3 Å². The molecule has 118 valence electrons. The van der Waals surface area contributed by atoms with Crippen LogP contribution in [0.4, 0.5) is 13.2 Å². The van der Waals surface area contributed by atoms with Crippen molar-refractivity contribution in [2.24, 2.45) is 17.8 Å². The Hall–Kier alpha value is -1.26. The van der Waals surface area contributed by atoms with Crippen molar-refractivity contribution in [3.8, 4) is 0 Å². The van der Waals surface area contributed by atoms with Crippen molar-refractivity contribution in [2.75, 3.05) is 0 Å². The molecular formula is C16H21F3O2. The van der Waals surface area contributed by atoms with Crippen molar-refractivity contribution in [1.82, 2.24) is 0 Å². The quantitative estimate of drug-likeness (QED) is 0.815. The number of carboxylic acids is 1. The molecule has 0 aromatic carbocycles. The monoisotopic (exact) mass is 302 g/mol. The fourth-order valence-corrected chi connectivity index (χ4v) is 3.81. The molecular weight excluding hydrogens is 281 g/mol. The van der Waals surface area contributed by atoms with Crippen LogP contribution < -0.4 is 0 Å². The standard InChI is InChI=1S/C16H21F3O2/c1-9-8-10(2)14-12(9)7-6-11(4-3-5-13(20)21)15(14)16(17,18)19/h7,9-11H,3-6,8H2,1-2H3,(H,20,21). The number of hydrogen-bond acceptors (Lipinski definition) is 1. The molecule has 0 aromatic heterocycles. The first-order valence-electron chi connectivity index (χ1n) is 7.45. The van der Waals surface area contributed by atoms with Crippen LogP contribution in [-0.2, 0) is 4.79 Å². The molecule has 0 radical (unpaired) electrons. The van der Waals surface area contributed by atoms with Crippen LogP contribution in [0.15, 0.2) is 22.8 Å². The normalized spacial score (nSPS) is 29.4. The Kier molecular flexibility index (Phi) is 4.49. The average molecular weight is 302 g/mol. The first-order valence-corrected chi connectivity index (χ1v) is 7.45. The summed E-state index contributed by atoms with van der Waals surface area (Å²) in [4.78, 5) is 10.6. The highest BCUT2D eigenvalue weighted by Crippen LogP contribution is 2.51. The molecule has 2 aliphatic rings. The number of halogens is 3. The number of allylic oxidation sites excluding steroid dienone is 4. The summed E-state index contributed by atoms with van der Waals surface area (Å²) in [5, 5.41) is 8.65. The van der Waals surface area contributed by atoms with Gasteiger partial charge in [-0.2, -0.15) is 13.2 Å². The van der Waals surface area contributed by atoms with Gasteiger partial charge >= 0.3 is 12.1 Å². The van der Waals surface area contributed by atoms with E-state index in [9.17, 15) is 18.0 Å². The van der Waals surface area contributed by atoms with Gasteiger partial charge in [0, 0.05) is 12.0 Å². The Balaban J connectivity index is 2.29. The molecule has 1 N–H and O–H groups in total. The number of carboxylic acid groups (broad SMARTS) is 1. The molecule has 5 heteroatoms. The fourth-order valence-electron chi connectivity index (χ4n) is 3.81. The van der Waals surface area contributed by atoms with Gasteiger partial charge in [-0.05, 0) is 54.6 Å². The van der Waals surface area contributed by atoms with E-state index < -0.39 is 18.1 Å². The lowest BCUT2D eigenvalue weighted by Gasteiger charge is -2.30. The molecule has 0 saturated heterocycles. The number of alkyl halides is 3. The summed E-state index contributed by atoms with van der Waals surface area (Å²) in [7, 11) is 0. The highest BCUT2D eigenvalue weighted by atomic mass is 19.4. The summed E-state index contributed by atoms with van der Waals surface area (Å²) in [6.45, 7) is 3.84. The first kappa shape index (κ1) is 16.1. The van der Waals surface area contributed by atoms with Gasteiger partial charge in [-0.25, -0.2) is 0 Å². The minimum Gasteiger partial charge on any atom is -0.481 e. The van der Waals surface area contributed by atoms with Crippen LogP contribution in [0.1, 0.15) is 46.0 Å². The van der Waals surface area contributed by atoms with Gasteiger partial charge < -0.3 is 5.11 Å². The molecule has 0 spiro atoms. The van der Waals surface area contributed by atoms with Crippen molar-refractivity contribution in [2.45, 2.75) is 52.1 Å². The van der Waals surface area contributed by atoms with Gasteiger partial charge in [0.2, 0.25) is 0 Å². The second-order valence-corrected chi connectivity index (χ2v) is 6.24. The van der Waals surface area contributed by atoms with Crippen LogP contribution in [0, 0.1) is 17.8 Å². The second kappa shape index (κ2) is 5.85. The first-order chi connectivity index (χ1) is 9.71. The Morgan fingerprint density at radius 1 is 1.33 bits per heavy atom. The van der Waals surface area contributed by atoms with Gasteiger partial charge in [0.15, 0.2) is 0 Å². The van der Waals surface area contributed by atoms with Crippen LogP contribution >= 0.6 is 0 Å². The zero-order valence-corrected chi connectivity index (χ0v) is 12.3. The molecule has 3 unspecified atom stereocenters. The van der Waals surface area contributed by atoms with Crippen molar-refractivity contribution in [3.63, 3.8) is 0 Å². The topological polar surface area (TPSA) is 37.3 Å². The predicted octanol–water partition coefficient (Wildman–Crippen LogP) is 4.72. The SMILES string of the molecule is CC1CC(C)C2=C(C(F)(F)F)C(CCCC(=O)O)CC=C21. The maximum atomic E-state index is 13.5. The van der Waals surface area contributed by atoms with E-state index >= 15 is 0 Å². The molecule has 0 heterocycles. The summed E-state index contributed by atoms with van der Waals surface area (Å²) in [5.41, 5.74) is 0.966. The third-order valence-electron chi connectivity index (χ3n) is 4.61. The summed E-state index contributed by atoms with van der Waals surface area (Å²) >= 11 is 0. The van der Waals surface area contributed by atoms with Crippen molar-refractivity contribution in [1.29, 1.82) is 0 Å². The Morgan fingerprint density at radius 3 is 2.57 bits per heavy atom. The van der Waals surface area contributed by atoms with E-state index in [0.29, 0.717) is 18.4 Å². The molecule has 2 rings (SSSR count). The van der Waals surface area contributed by atoms with E-state index in [4.69, 9.17) is 5.11 Å². The molecule has 3 atom stereocenters. The summed E-state index contributed by atoms with van der Waals surface area (Å²) in [6, 6.07) is 0. The van der Waals surface area contributed by atoms with Crippen molar-refractivity contribution < 1.29 is 23.1 Å². The number of aliphatic carboxylic acids is 1. The summed E-state index contributed by atoms with van der Waals surface area (Å²) in [5.74, 6) is -1.42. The fraction of sp³-hybridized carbons (Fsp3) is 0.688. The maximum absolute atomic E-state index is 13.5. The predicted molar refractivity (Wildman–Crippen MR) is 73.7 cm³/mol. The molecule has 0 amide bonds. The van der Waals surface area contributed by atoms with Gasteiger partial charge in [-0.15, -0.1) is 0 Å². The summed E-state index contributed by atoms with van der Waals surface area (Å²) < 4.78 is 40.5. The minimum atomic E-state index is -4.32. The number of carbonyl (C=O) groups is 1. The van der Waals surface area contributed by atoms with E-state index in [2.05, 4.69) is 0 Å². The van der Waals surface area contributed by atoms with Gasteiger partial charge in [-0.1, -0.05) is 19.9 Å². The Bertz CT molecular complexity index is 488. The zero-order chi connectivity index (χ0) is 15.8. The Morgan fingerprint density at radius 2 is 2.00 bits per heavy atom. The molecule has 1 saturated carbocycles. The molecule has 21 heavy (non-hydrogen) atoms. The molecule has 2 nitrogen and oxygen atoms in total. The van der Waals surface area contributed by atoms with Gasteiger partial charge in [0.25, 0.3) is 0 Å². The number of rotatable bonds is 4. The van der Waals surface area contributed by atoms with Crippen LogP contribution in [0.2, 0.25) is 0 Å². The van der Waals surface area contributed by atoms with Gasteiger partial charge in [0.1, 0.15) is 0 Å². The smallest absolute Gasteiger partial charge is 0.413 e. The van der Waals surface area contributed by atoms with Gasteiger partial charge in [0.05, 0.1) is 0 Å². The molecule has 0 bridgehead atoms. The lowest BCUT2D eigenvalue weighted by molar-refractivity contribution is -0.137. The maximum Gasteiger partial charge on any atom is 0.413 e. The lowest BCUT2D eigenvalue weighted by Crippen LogP contribution is -2.26. The average Bonchev–Trinajstić information content (AvgIpc) is 2.63. The highest BCUT2D eigenvalue weighted by molar-refractivity contribution is 5.66. The van der Waals surface area contributed by atoms with Crippen LogP contribution in [0.25, 0.3) is 0 Å². The molecule has 1 fully saturated rings. The van der Waals surface area contributed by atoms with Gasteiger partial charge in [-0.3, -0.25) is 4.79 Å². The molecule has 0 aromatic rings. The van der Waals surface area contributed by atoms with E-state index in [0.717, 1.165) is 12.0 Å². The molecule has 0 aliphatic heterocycles.